The fourth-order valence-corrected chi connectivity index (χ4v) is 4.40. The van der Waals surface area contributed by atoms with Crippen LogP contribution >= 0.6 is 11.3 Å². The summed E-state index contributed by atoms with van der Waals surface area (Å²) in [5.41, 5.74) is 4.72. The zero-order valence-electron chi connectivity index (χ0n) is 20.1. The van der Waals surface area contributed by atoms with Gasteiger partial charge in [-0.2, -0.15) is 0 Å². The van der Waals surface area contributed by atoms with Crippen molar-refractivity contribution in [1.82, 2.24) is 10.3 Å². The Labute approximate surface area is 210 Å². The molecule has 0 bridgehead atoms. The second kappa shape index (κ2) is 12.2. The maximum atomic E-state index is 12.8. The van der Waals surface area contributed by atoms with Gasteiger partial charge in [-0.05, 0) is 37.1 Å². The number of nitrogens with one attached hydrogen (secondary N) is 1. The molecule has 4 rings (SSSR count). The maximum Gasteiger partial charge on any atom is 0.251 e. The molecule has 0 aliphatic carbocycles. The van der Waals surface area contributed by atoms with Gasteiger partial charge in [0.25, 0.3) is 5.91 Å². The van der Waals surface area contributed by atoms with E-state index in [1.165, 1.54) is 0 Å². The number of thiazole rings is 1. The molecule has 0 unspecified atom stereocenters. The molecule has 0 spiro atoms. The molecule has 0 saturated carbocycles. The van der Waals surface area contributed by atoms with Gasteiger partial charge in [0.2, 0.25) is 0 Å². The van der Waals surface area contributed by atoms with Crippen LogP contribution in [0.1, 0.15) is 42.6 Å². The van der Waals surface area contributed by atoms with Crippen molar-refractivity contribution in [2.24, 2.45) is 0 Å². The molecule has 180 valence electrons. The fourth-order valence-electron chi connectivity index (χ4n) is 3.56. The highest BCUT2D eigenvalue weighted by Crippen LogP contribution is 2.30. The fraction of sp³-hybridized carbons (Fsp3) is 0.241. The minimum atomic E-state index is -0.150. The molecule has 1 N–H and O–H groups in total. The number of hydrogen-bond acceptors (Lipinski definition) is 5. The number of carbonyl (C=O) groups excluding carboxylic acids is 1. The first-order valence-electron chi connectivity index (χ1n) is 12.0. The van der Waals surface area contributed by atoms with E-state index >= 15 is 0 Å². The summed E-state index contributed by atoms with van der Waals surface area (Å²) in [5.74, 6) is 1.12. The second-order valence-corrected chi connectivity index (χ2v) is 8.94. The van der Waals surface area contributed by atoms with Gasteiger partial charge in [0.1, 0.15) is 5.01 Å². The summed E-state index contributed by atoms with van der Waals surface area (Å²) in [5, 5.41) is 6.05. The molecule has 1 heterocycles. The van der Waals surface area contributed by atoms with Crippen LogP contribution in [-0.2, 0) is 6.54 Å². The van der Waals surface area contributed by atoms with Crippen LogP contribution in [0.15, 0.2) is 78.2 Å². The van der Waals surface area contributed by atoms with Crippen molar-refractivity contribution in [3.63, 3.8) is 0 Å². The zero-order valence-corrected chi connectivity index (χ0v) is 20.9. The number of amides is 1. The predicted octanol–water partition coefficient (Wildman–Crippen LogP) is 6.98. The van der Waals surface area contributed by atoms with Gasteiger partial charge >= 0.3 is 0 Å². The molecule has 35 heavy (non-hydrogen) atoms. The third kappa shape index (κ3) is 6.49. The highest BCUT2D eigenvalue weighted by atomic mass is 32.1. The molecular weight excluding hydrogens is 456 g/mol. The SMILES string of the molecule is CCCCOc1ccc(C(=O)NCc2ccc(-c3nc(-c4ccccc4)cs3)cc2)cc1OCC. The van der Waals surface area contributed by atoms with E-state index in [-0.39, 0.29) is 5.91 Å². The topological polar surface area (TPSA) is 60.5 Å². The quantitative estimate of drug-likeness (QED) is 0.232. The number of unbranched alkanes of at least 4 members (excludes halogenated alkanes) is 1. The Morgan fingerprint density at radius 2 is 1.71 bits per heavy atom. The highest BCUT2D eigenvalue weighted by molar-refractivity contribution is 7.13. The average molecular weight is 487 g/mol. The van der Waals surface area contributed by atoms with Crippen molar-refractivity contribution < 1.29 is 14.3 Å². The number of carbonyl (C=O) groups is 1. The van der Waals surface area contributed by atoms with E-state index in [4.69, 9.17) is 14.5 Å². The average Bonchev–Trinajstić information content (AvgIpc) is 3.40. The molecule has 0 atom stereocenters. The summed E-state index contributed by atoms with van der Waals surface area (Å²) in [4.78, 5) is 17.5. The number of ether oxygens (including phenoxy) is 2. The Kier molecular flexibility index (Phi) is 8.52. The summed E-state index contributed by atoms with van der Waals surface area (Å²) in [6.45, 7) is 5.61. The molecule has 3 aromatic carbocycles. The lowest BCUT2D eigenvalue weighted by atomic mass is 10.1. The third-order valence-corrected chi connectivity index (χ3v) is 6.38. The zero-order chi connectivity index (χ0) is 24.5. The van der Waals surface area contributed by atoms with E-state index in [0.29, 0.717) is 36.8 Å². The number of rotatable bonds is 11. The van der Waals surface area contributed by atoms with Crippen molar-refractivity contribution in [3.05, 3.63) is 89.3 Å². The van der Waals surface area contributed by atoms with Crippen molar-refractivity contribution in [2.75, 3.05) is 13.2 Å². The van der Waals surface area contributed by atoms with Crippen molar-refractivity contribution in [1.29, 1.82) is 0 Å². The second-order valence-electron chi connectivity index (χ2n) is 8.08. The molecule has 5 nitrogen and oxygen atoms in total. The number of aromatic nitrogens is 1. The van der Waals surface area contributed by atoms with Gasteiger partial charge in [0, 0.05) is 28.6 Å². The van der Waals surface area contributed by atoms with Crippen LogP contribution in [0.5, 0.6) is 11.5 Å². The van der Waals surface area contributed by atoms with Crippen LogP contribution in [0.2, 0.25) is 0 Å². The molecule has 0 aliphatic heterocycles. The van der Waals surface area contributed by atoms with Gasteiger partial charge in [0.15, 0.2) is 11.5 Å². The van der Waals surface area contributed by atoms with E-state index in [1.54, 1.807) is 23.5 Å². The van der Waals surface area contributed by atoms with Crippen molar-refractivity contribution in [2.45, 2.75) is 33.2 Å². The summed E-state index contributed by atoms with van der Waals surface area (Å²) >= 11 is 1.63. The smallest absolute Gasteiger partial charge is 0.251 e. The van der Waals surface area contributed by atoms with Gasteiger partial charge in [-0.25, -0.2) is 4.98 Å². The van der Waals surface area contributed by atoms with E-state index in [2.05, 4.69) is 29.8 Å². The van der Waals surface area contributed by atoms with E-state index in [1.807, 2.05) is 55.5 Å². The molecule has 4 aromatic rings. The van der Waals surface area contributed by atoms with Gasteiger partial charge in [-0.15, -0.1) is 11.3 Å². The van der Waals surface area contributed by atoms with E-state index in [9.17, 15) is 4.79 Å². The van der Waals surface area contributed by atoms with E-state index in [0.717, 1.165) is 40.2 Å². The number of benzene rings is 3. The maximum absolute atomic E-state index is 12.8. The first-order chi connectivity index (χ1) is 17.2. The summed E-state index contributed by atoms with van der Waals surface area (Å²) in [6, 6.07) is 23.6. The molecule has 1 amide bonds. The van der Waals surface area contributed by atoms with Crippen LogP contribution in [0, 0.1) is 0 Å². The summed E-state index contributed by atoms with van der Waals surface area (Å²) in [6.07, 6.45) is 2.04. The first-order valence-corrected chi connectivity index (χ1v) is 12.8. The Morgan fingerprint density at radius 3 is 2.46 bits per heavy atom. The third-order valence-electron chi connectivity index (χ3n) is 5.49. The summed E-state index contributed by atoms with van der Waals surface area (Å²) in [7, 11) is 0. The lowest BCUT2D eigenvalue weighted by Crippen LogP contribution is -2.22. The predicted molar refractivity (Wildman–Crippen MR) is 142 cm³/mol. The lowest BCUT2D eigenvalue weighted by Gasteiger charge is -2.13. The van der Waals surface area contributed by atoms with Crippen LogP contribution in [0.25, 0.3) is 21.8 Å². The molecule has 1 aromatic heterocycles. The molecule has 0 saturated heterocycles. The van der Waals surface area contributed by atoms with Crippen LogP contribution in [-0.4, -0.2) is 24.1 Å². The Bertz CT molecular complexity index is 1240. The molecule has 0 fully saturated rings. The van der Waals surface area contributed by atoms with E-state index < -0.39 is 0 Å². The lowest BCUT2D eigenvalue weighted by molar-refractivity contribution is 0.0950. The summed E-state index contributed by atoms with van der Waals surface area (Å²) < 4.78 is 11.5. The molecule has 0 aliphatic rings. The highest BCUT2D eigenvalue weighted by Gasteiger charge is 2.12. The Balaban J connectivity index is 1.37. The minimum Gasteiger partial charge on any atom is -0.490 e. The van der Waals surface area contributed by atoms with Gasteiger partial charge < -0.3 is 14.8 Å². The van der Waals surface area contributed by atoms with Gasteiger partial charge in [-0.3, -0.25) is 4.79 Å². The Hall–Kier alpha value is -3.64. The Morgan fingerprint density at radius 1 is 0.914 bits per heavy atom. The van der Waals surface area contributed by atoms with Gasteiger partial charge in [0.05, 0.1) is 18.9 Å². The minimum absolute atomic E-state index is 0.150. The van der Waals surface area contributed by atoms with Gasteiger partial charge in [-0.1, -0.05) is 67.9 Å². The first kappa shape index (κ1) is 24.5. The number of hydrogen-bond donors (Lipinski definition) is 1. The van der Waals surface area contributed by atoms with Crippen LogP contribution < -0.4 is 14.8 Å². The van der Waals surface area contributed by atoms with Crippen LogP contribution in [0.3, 0.4) is 0 Å². The standard InChI is InChI=1S/C29H30N2O3S/c1-3-5-17-34-26-16-15-24(18-27(26)33-4-2)28(32)30-19-21-11-13-23(14-12-21)29-31-25(20-35-29)22-9-7-6-8-10-22/h6-16,18,20H,3-5,17,19H2,1-2H3,(H,30,32). The number of nitrogens with zero attached hydrogens (tertiary/aromatic N) is 1. The largest absolute Gasteiger partial charge is 0.490 e. The molecule has 6 heteroatoms. The van der Waals surface area contributed by atoms with Crippen molar-refractivity contribution in [3.8, 4) is 33.3 Å². The normalized spacial score (nSPS) is 10.7. The monoisotopic (exact) mass is 486 g/mol. The van der Waals surface area contributed by atoms with Crippen LogP contribution in [0.4, 0.5) is 0 Å². The molecular formula is C29H30N2O3S. The molecule has 0 radical (unpaired) electrons. The van der Waals surface area contributed by atoms with Crippen molar-refractivity contribution >= 4 is 17.2 Å².